The van der Waals surface area contributed by atoms with Crippen LogP contribution in [0.5, 0.6) is 0 Å². The summed E-state index contributed by atoms with van der Waals surface area (Å²) in [5.41, 5.74) is 0.880. The van der Waals surface area contributed by atoms with Crippen molar-refractivity contribution in [3.8, 4) is 0 Å². The molecule has 1 aromatic carbocycles. The third-order valence-corrected chi connectivity index (χ3v) is 4.61. The van der Waals surface area contributed by atoms with Crippen molar-refractivity contribution in [2.24, 2.45) is 0 Å². The molecule has 5 nitrogen and oxygen atoms in total. The second kappa shape index (κ2) is 7.43. The van der Waals surface area contributed by atoms with Gasteiger partial charge in [0.05, 0.1) is 18.5 Å². The summed E-state index contributed by atoms with van der Waals surface area (Å²) in [6.07, 6.45) is 0.525. The Hall–Kier alpha value is -1.16. The van der Waals surface area contributed by atoms with Gasteiger partial charge < -0.3 is 14.2 Å². The van der Waals surface area contributed by atoms with Crippen LogP contribution < -0.4 is 5.30 Å². The Morgan fingerprint density at radius 1 is 1.16 bits per heavy atom. The fraction of sp³-hybridized carbons (Fsp3) is 0.462. The summed E-state index contributed by atoms with van der Waals surface area (Å²) in [6, 6.07) is 6.85. The van der Waals surface area contributed by atoms with Crippen molar-refractivity contribution in [2.45, 2.75) is 26.7 Å². The molecule has 1 aromatic rings. The van der Waals surface area contributed by atoms with Crippen LogP contribution in [-0.2, 0) is 24.8 Å². The molecule has 0 aliphatic heterocycles. The van der Waals surface area contributed by atoms with E-state index in [1.807, 2.05) is 0 Å². The monoisotopic (exact) mass is 286 g/mol. The van der Waals surface area contributed by atoms with Gasteiger partial charge in [-0.25, -0.2) is 0 Å². The Kier molecular flexibility index (Phi) is 6.22. The minimum atomic E-state index is -3.25. The van der Waals surface area contributed by atoms with Crippen LogP contribution in [-0.4, -0.2) is 24.3 Å². The van der Waals surface area contributed by atoms with E-state index in [1.54, 1.807) is 38.1 Å². The normalized spacial score (nSPS) is 11.5. The number of aryl methyl sites for hydroxylation is 1. The lowest BCUT2D eigenvalue weighted by molar-refractivity contribution is -0.136. The third kappa shape index (κ3) is 4.78. The summed E-state index contributed by atoms with van der Waals surface area (Å²) in [6.45, 7) is 4.12. The Balaban J connectivity index is 2.83. The highest BCUT2D eigenvalue weighted by atomic mass is 31.2. The number of rotatable bonds is 8. The molecule has 6 heteroatoms. The van der Waals surface area contributed by atoms with E-state index < -0.39 is 13.6 Å². The molecule has 0 amide bonds. The van der Waals surface area contributed by atoms with Gasteiger partial charge in [0.15, 0.2) is 0 Å². The number of carboxylic acids is 1. The van der Waals surface area contributed by atoms with Gasteiger partial charge in [-0.15, -0.1) is 0 Å². The number of carbonyl (C=O) groups is 1. The second-order valence-corrected chi connectivity index (χ2v) is 5.92. The number of hydrogen-bond acceptors (Lipinski definition) is 4. The van der Waals surface area contributed by atoms with Crippen molar-refractivity contribution < 1.29 is 23.5 Å². The first-order valence-corrected chi connectivity index (χ1v) is 7.76. The van der Waals surface area contributed by atoms with Crippen molar-refractivity contribution in [1.29, 1.82) is 0 Å². The lowest BCUT2D eigenvalue weighted by Crippen LogP contribution is -2.10. The highest BCUT2D eigenvalue weighted by molar-refractivity contribution is 7.62. The fourth-order valence-electron chi connectivity index (χ4n) is 1.62. The van der Waals surface area contributed by atoms with Crippen molar-refractivity contribution in [3.05, 3.63) is 29.8 Å². The predicted molar refractivity (Wildman–Crippen MR) is 72.9 cm³/mol. The molecule has 0 atom stereocenters. The van der Waals surface area contributed by atoms with Crippen molar-refractivity contribution in [2.75, 3.05) is 13.2 Å². The van der Waals surface area contributed by atoms with Crippen LogP contribution in [0.3, 0.4) is 0 Å². The zero-order valence-electron chi connectivity index (χ0n) is 11.2. The van der Waals surface area contributed by atoms with E-state index in [9.17, 15) is 9.36 Å². The molecule has 0 heterocycles. The number of hydrogen-bond donors (Lipinski definition) is 1. The van der Waals surface area contributed by atoms with Crippen LogP contribution >= 0.6 is 7.60 Å². The van der Waals surface area contributed by atoms with E-state index in [-0.39, 0.29) is 6.42 Å². The molecule has 0 radical (unpaired) electrons. The minimum Gasteiger partial charge on any atom is -0.481 e. The van der Waals surface area contributed by atoms with Gasteiger partial charge in [-0.1, -0.05) is 12.1 Å². The maximum absolute atomic E-state index is 12.5. The summed E-state index contributed by atoms with van der Waals surface area (Å²) < 4.78 is 22.9. The van der Waals surface area contributed by atoms with Gasteiger partial charge in [-0.05, 0) is 38.0 Å². The van der Waals surface area contributed by atoms with Crippen LogP contribution in [0.2, 0.25) is 0 Å². The molecule has 0 saturated heterocycles. The summed E-state index contributed by atoms with van der Waals surface area (Å²) in [4.78, 5) is 10.5. The highest BCUT2D eigenvalue weighted by Crippen LogP contribution is 2.46. The molecule has 0 unspecified atom stereocenters. The van der Waals surface area contributed by atoms with E-state index in [0.717, 1.165) is 5.56 Å². The Labute approximate surface area is 113 Å². The number of benzene rings is 1. The largest absolute Gasteiger partial charge is 0.481 e. The predicted octanol–water partition coefficient (Wildman–Crippen LogP) is 2.60. The number of aliphatic carboxylic acids is 1. The van der Waals surface area contributed by atoms with E-state index in [1.165, 1.54) is 0 Å². The summed E-state index contributed by atoms with van der Waals surface area (Å²) in [5.74, 6) is -0.835. The van der Waals surface area contributed by atoms with E-state index in [0.29, 0.717) is 24.9 Å². The summed E-state index contributed by atoms with van der Waals surface area (Å²) in [5, 5.41) is 9.11. The van der Waals surface area contributed by atoms with Gasteiger partial charge in [0.2, 0.25) is 0 Å². The molecule has 0 fully saturated rings. The van der Waals surface area contributed by atoms with Gasteiger partial charge in [0, 0.05) is 6.42 Å². The molecule has 0 aromatic heterocycles. The van der Waals surface area contributed by atoms with Gasteiger partial charge in [-0.3, -0.25) is 9.36 Å². The Morgan fingerprint density at radius 3 is 2.11 bits per heavy atom. The fourth-order valence-corrected chi connectivity index (χ4v) is 3.19. The zero-order chi connectivity index (χ0) is 14.3. The quantitative estimate of drug-likeness (QED) is 0.744. The van der Waals surface area contributed by atoms with Crippen LogP contribution in [0.1, 0.15) is 25.8 Å². The molecule has 0 spiro atoms. The molecular weight excluding hydrogens is 267 g/mol. The lowest BCUT2D eigenvalue weighted by Gasteiger charge is -2.17. The van der Waals surface area contributed by atoms with E-state index in [2.05, 4.69) is 0 Å². The van der Waals surface area contributed by atoms with Gasteiger partial charge in [-0.2, -0.15) is 0 Å². The highest BCUT2D eigenvalue weighted by Gasteiger charge is 2.26. The van der Waals surface area contributed by atoms with Crippen molar-refractivity contribution in [1.82, 2.24) is 0 Å². The first-order chi connectivity index (χ1) is 9.01. The molecule has 0 bridgehead atoms. The van der Waals surface area contributed by atoms with Crippen LogP contribution in [0.4, 0.5) is 0 Å². The zero-order valence-corrected chi connectivity index (χ0v) is 12.1. The van der Waals surface area contributed by atoms with Gasteiger partial charge >= 0.3 is 13.6 Å². The average molecular weight is 286 g/mol. The van der Waals surface area contributed by atoms with Crippen LogP contribution in [0, 0.1) is 0 Å². The van der Waals surface area contributed by atoms with Crippen molar-refractivity contribution in [3.63, 3.8) is 0 Å². The maximum atomic E-state index is 12.5. The van der Waals surface area contributed by atoms with Crippen molar-refractivity contribution >= 4 is 18.9 Å². The topological polar surface area (TPSA) is 72.8 Å². The van der Waals surface area contributed by atoms with Crippen LogP contribution in [0.25, 0.3) is 0 Å². The van der Waals surface area contributed by atoms with Gasteiger partial charge in [0.1, 0.15) is 0 Å². The average Bonchev–Trinajstić information content (AvgIpc) is 2.37. The Morgan fingerprint density at radius 2 is 1.68 bits per heavy atom. The SMILES string of the molecule is CCOP(=O)(OCC)c1ccc(CCC(=O)O)cc1. The molecular formula is C13H19O5P. The first kappa shape index (κ1) is 15.9. The molecule has 106 valence electrons. The molecule has 0 saturated carbocycles. The molecule has 1 N–H and O–H groups in total. The Bertz CT molecular complexity index is 445. The standard InChI is InChI=1S/C13H19O5P/c1-3-17-19(16,18-4-2)12-8-5-11(6-9-12)7-10-13(14)15/h5-6,8-9H,3-4,7,10H2,1-2H3,(H,14,15). The third-order valence-electron chi connectivity index (χ3n) is 2.48. The molecule has 0 aliphatic carbocycles. The molecule has 1 rings (SSSR count). The van der Waals surface area contributed by atoms with Crippen LogP contribution in [0.15, 0.2) is 24.3 Å². The van der Waals surface area contributed by atoms with Gasteiger partial charge in [0.25, 0.3) is 0 Å². The lowest BCUT2D eigenvalue weighted by atomic mass is 10.1. The van der Waals surface area contributed by atoms with E-state index in [4.69, 9.17) is 14.2 Å². The summed E-state index contributed by atoms with van der Waals surface area (Å²) >= 11 is 0. The minimum absolute atomic E-state index is 0.0773. The molecule has 0 aliphatic rings. The number of carboxylic acid groups (broad SMARTS) is 1. The maximum Gasteiger partial charge on any atom is 0.361 e. The summed E-state index contributed by atoms with van der Waals surface area (Å²) in [7, 11) is -3.25. The first-order valence-electron chi connectivity index (χ1n) is 6.22. The van der Waals surface area contributed by atoms with E-state index >= 15 is 0 Å². The molecule has 19 heavy (non-hydrogen) atoms. The second-order valence-electron chi connectivity index (χ2n) is 3.89. The smallest absolute Gasteiger partial charge is 0.361 e.